The zero-order valence-corrected chi connectivity index (χ0v) is 9.61. The van der Waals surface area contributed by atoms with Gasteiger partial charge in [0.1, 0.15) is 16.0 Å². The smallest absolute Gasteiger partial charge is 0.401 e. The number of hydrogen-bond donors (Lipinski definition) is 1. The third-order valence-corrected chi connectivity index (χ3v) is 2.57. The van der Waals surface area contributed by atoms with Crippen molar-refractivity contribution in [3.05, 3.63) is 62.7 Å². The fourth-order valence-electron chi connectivity index (χ4n) is 1.73. The minimum atomic E-state index is -0.600. The van der Waals surface area contributed by atoms with Crippen molar-refractivity contribution in [3.63, 3.8) is 0 Å². The van der Waals surface area contributed by atoms with Crippen LogP contribution in [0.25, 0.3) is 6.08 Å². The number of nitro groups is 1. The molecule has 0 amide bonds. The van der Waals surface area contributed by atoms with Crippen LogP contribution < -0.4 is 16.4 Å². The third-order valence-electron chi connectivity index (χ3n) is 2.57. The van der Waals surface area contributed by atoms with E-state index in [0.29, 0.717) is 28.0 Å². The molecule has 2 heterocycles. The van der Waals surface area contributed by atoms with Crippen LogP contribution in [0.5, 0.6) is 0 Å². The molecule has 1 aliphatic heterocycles. The summed E-state index contributed by atoms with van der Waals surface area (Å²) >= 11 is 0. The number of fused-ring (bicyclic) bond motifs is 1. The van der Waals surface area contributed by atoms with Crippen molar-refractivity contribution in [3.8, 4) is 0 Å². The molecule has 1 aliphatic rings. The number of benzene rings is 1. The molecule has 0 unspecified atom stereocenters. The highest BCUT2D eigenvalue weighted by molar-refractivity contribution is 5.50. The quantitative estimate of drug-likeness (QED) is 0.491. The van der Waals surface area contributed by atoms with Crippen LogP contribution in [-0.4, -0.2) is 4.92 Å². The van der Waals surface area contributed by atoms with E-state index in [2.05, 4.69) is 9.98 Å². The normalized spacial score (nSPS) is 14.8. The van der Waals surface area contributed by atoms with Crippen molar-refractivity contribution in [1.82, 2.24) is 0 Å². The Kier molecular flexibility index (Phi) is 2.38. The molecule has 0 bridgehead atoms. The largest absolute Gasteiger partial charge is 0.433 e. The van der Waals surface area contributed by atoms with Crippen LogP contribution in [-0.2, 0) is 0 Å². The first-order valence-electron chi connectivity index (χ1n) is 5.41. The summed E-state index contributed by atoms with van der Waals surface area (Å²) in [6, 6.07) is 8.08. The van der Waals surface area contributed by atoms with Gasteiger partial charge in [-0.25, -0.2) is 9.98 Å². The lowest BCUT2D eigenvalue weighted by Crippen LogP contribution is -2.24. The highest BCUT2D eigenvalue weighted by Gasteiger charge is 2.12. The van der Waals surface area contributed by atoms with Crippen molar-refractivity contribution in [2.75, 3.05) is 5.73 Å². The molecule has 1 aromatic heterocycles. The second kappa shape index (κ2) is 4.05. The number of para-hydroxylation sites is 1. The molecule has 2 N–H and O–H groups in total. The van der Waals surface area contributed by atoms with Crippen LogP contribution in [0, 0.1) is 10.1 Å². The second-order valence-electron chi connectivity index (χ2n) is 3.87. The third kappa shape index (κ3) is 1.97. The Morgan fingerprint density at radius 1 is 1.26 bits per heavy atom. The highest BCUT2D eigenvalue weighted by atomic mass is 16.6. The maximum atomic E-state index is 10.5. The number of hydrogen-bond acceptors (Lipinski definition) is 6. The van der Waals surface area contributed by atoms with Crippen LogP contribution in [0.2, 0.25) is 0 Å². The molecule has 7 nitrogen and oxygen atoms in total. The van der Waals surface area contributed by atoms with Gasteiger partial charge in [-0.05, 0) is 18.2 Å². The van der Waals surface area contributed by atoms with E-state index >= 15 is 0 Å². The molecule has 0 aliphatic carbocycles. The van der Waals surface area contributed by atoms with Crippen molar-refractivity contribution in [2.45, 2.75) is 0 Å². The van der Waals surface area contributed by atoms with Crippen molar-refractivity contribution in [1.29, 1.82) is 0 Å². The Balaban J connectivity index is 2.03. The van der Waals surface area contributed by atoms with Crippen LogP contribution in [0.15, 0.2) is 50.6 Å². The topological polar surface area (TPSA) is 107 Å². The molecule has 1 aromatic carbocycles. The SMILES string of the molecule is Nc1cccc2c1=NC(=Cc1ccc([N+](=O)[O-])o1)N=2. The molecular formula is C12H8N4O3. The summed E-state index contributed by atoms with van der Waals surface area (Å²) in [5.74, 6) is 0.402. The first-order valence-corrected chi connectivity index (χ1v) is 5.41. The molecule has 0 atom stereocenters. The summed E-state index contributed by atoms with van der Waals surface area (Å²) in [6.07, 6.45) is 1.52. The predicted octanol–water partition coefficient (Wildman–Crippen LogP) is 1.02. The summed E-state index contributed by atoms with van der Waals surface area (Å²) in [5, 5.41) is 11.8. The standard InChI is InChI=1S/C12H8N4O3/c13-8-2-1-3-9-12(8)15-10(14-9)6-7-4-5-11(19-7)16(17)18/h1-6H,13H2. The van der Waals surface area contributed by atoms with Gasteiger partial charge in [0.15, 0.2) is 5.82 Å². The fraction of sp³-hybridized carbons (Fsp3) is 0. The van der Waals surface area contributed by atoms with Crippen LogP contribution in [0.1, 0.15) is 5.76 Å². The lowest BCUT2D eigenvalue weighted by Gasteiger charge is -1.88. The van der Waals surface area contributed by atoms with Gasteiger partial charge in [0.25, 0.3) is 0 Å². The molecule has 2 aromatic rings. The Morgan fingerprint density at radius 2 is 2.11 bits per heavy atom. The van der Waals surface area contributed by atoms with Gasteiger partial charge in [0.2, 0.25) is 0 Å². The lowest BCUT2D eigenvalue weighted by molar-refractivity contribution is -0.402. The number of anilines is 1. The second-order valence-corrected chi connectivity index (χ2v) is 3.87. The molecule has 0 fully saturated rings. The van der Waals surface area contributed by atoms with E-state index in [9.17, 15) is 10.1 Å². The van der Waals surface area contributed by atoms with Gasteiger partial charge < -0.3 is 10.2 Å². The number of nitrogen functional groups attached to an aromatic ring is 1. The molecule has 3 rings (SSSR count). The molecule has 0 spiro atoms. The van der Waals surface area contributed by atoms with Crippen molar-refractivity contribution >= 4 is 17.6 Å². The van der Waals surface area contributed by atoms with Gasteiger partial charge in [0.05, 0.1) is 17.1 Å². The van der Waals surface area contributed by atoms with Crippen LogP contribution in [0.4, 0.5) is 11.6 Å². The predicted molar refractivity (Wildman–Crippen MR) is 66.5 cm³/mol. The number of rotatable bonds is 2. The lowest BCUT2D eigenvalue weighted by atomic mass is 10.3. The first-order chi connectivity index (χ1) is 9.13. The highest BCUT2D eigenvalue weighted by Crippen LogP contribution is 2.18. The molecule has 19 heavy (non-hydrogen) atoms. The van der Waals surface area contributed by atoms with E-state index < -0.39 is 4.92 Å². The van der Waals surface area contributed by atoms with E-state index in [-0.39, 0.29) is 5.88 Å². The Hall–Kier alpha value is -2.96. The zero-order valence-electron chi connectivity index (χ0n) is 9.61. The summed E-state index contributed by atoms with van der Waals surface area (Å²) in [7, 11) is 0. The van der Waals surface area contributed by atoms with E-state index in [0.717, 1.165) is 0 Å². The number of furan rings is 1. The molecule has 7 heteroatoms. The summed E-state index contributed by atoms with van der Waals surface area (Å²) in [4.78, 5) is 18.4. The van der Waals surface area contributed by atoms with Crippen LogP contribution in [0.3, 0.4) is 0 Å². The molecule has 0 saturated carbocycles. The minimum Gasteiger partial charge on any atom is -0.401 e. The number of nitrogens with zero attached hydrogens (tertiary/aromatic N) is 3. The maximum absolute atomic E-state index is 10.5. The maximum Gasteiger partial charge on any atom is 0.433 e. The van der Waals surface area contributed by atoms with Gasteiger partial charge >= 0.3 is 5.88 Å². The Labute approximate surface area is 106 Å². The van der Waals surface area contributed by atoms with E-state index in [1.54, 1.807) is 18.2 Å². The molecule has 94 valence electrons. The van der Waals surface area contributed by atoms with Gasteiger partial charge in [-0.2, -0.15) is 0 Å². The minimum absolute atomic E-state index is 0.318. The monoisotopic (exact) mass is 256 g/mol. The van der Waals surface area contributed by atoms with Gasteiger partial charge in [-0.3, -0.25) is 10.1 Å². The Bertz CT molecular complexity index is 820. The Morgan fingerprint density at radius 3 is 2.79 bits per heavy atom. The average molecular weight is 256 g/mol. The van der Waals surface area contributed by atoms with Gasteiger partial charge in [0, 0.05) is 6.08 Å². The summed E-state index contributed by atoms with van der Waals surface area (Å²) in [5.41, 5.74) is 6.31. The van der Waals surface area contributed by atoms with E-state index in [1.165, 1.54) is 18.2 Å². The average Bonchev–Trinajstić information content (AvgIpc) is 2.96. The van der Waals surface area contributed by atoms with E-state index in [1.807, 2.05) is 0 Å². The summed E-state index contributed by atoms with van der Waals surface area (Å²) in [6.45, 7) is 0. The van der Waals surface area contributed by atoms with Crippen molar-refractivity contribution < 1.29 is 9.34 Å². The van der Waals surface area contributed by atoms with Crippen LogP contribution >= 0.6 is 0 Å². The van der Waals surface area contributed by atoms with Gasteiger partial charge in [-0.1, -0.05) is 6.07 Å². The molecule has 0 saturated heterocycles. The molecular weight excluding hydrogens is 248 g/mol. The van der Waals surface area contributed by atoms with Crippen molar-refractivity contribution in [2.24, 2.45) is 9.98 Å². The zero-order chi connectivity index (χ0) is 13.4. The molecule has 0 radical (unpaired) electrons. The fourth-order valence-corrected chi connectivity index (χ4v) is 1.73. The first kappa shape index (κ1) is 11.1. The number of nitrogens with two attached hydrogens (primary N) is 1. The van der Waals surface area contributed by atoms with Gasteiger partial charge in [-0.15, -0.1) is 0 Å². The van der Waals surface area contributed by atoms with E-state index in [4.69, 9.17) is 10.2 Å². The summed E-state index contributed by atoms with van der Waals surface area (Å²) < 4.78 is 5.01.